The van der Waals surface area contributed by atoms with Crippen LogP contribution >= 0.6 is 0 Å². The fourth-order valence-electron chi connectivity index (χ4n) is 1.66. The maximum Gasteiger partial charge on any atom is 0.264 e. The summed E-state index contributed by atoms with van der Waals surface area (Å²) >= 11 is 0. The van der Waals surface area contributed by atoms with Crippen LogP contribution in [-0.2, 0) is 21.2 Å². The second-order valence-corrected chi connectivity index (χ2v) is 6.11. The van der Waals surface area contributed by atoms with Crippen molar-refractivity contribution in [3.63, 3.8) is 0 Å². The molecule has 0 atom stereocenters. The Morgan fingerprint density at radius 2 is 2.24 bits per heavy atom. The zero-order valence-corrected chi connectivity index (χ0v) is 12.7. The first-order valence-corrected chi connectivity index (χ1v) is 8.05. The highest BCUT2D eigenvalue weighted by Gasteiger charge is 2.18. The van der Waals surface area contributed by atoms with Gasteiger partial charge in [0.2, 0.25) is 15.9 Å². The van der Waals surface area contributed by atoms with Crippen LogP contribution in [0, 0.1) is 0 Å². The number of hydrogen-bond acceptors (Lipinski definition) is 6. The van der Waals surface area contributed by atoms with Gasteiger partial charge in [-0.05, 0) is 12.5 Å². The number of aromatic nitrogens is 3. The van der Waals surface area contributed by atoms with Crippen molar-refractivity contribution >= 4 is 10.0 Å². The monoisotopic (exact) mass is 314 g/mol. The average Bonchev–Trinajstić information content (AvgIpc) is 3.11. The molecule has 0 aliphatic carbocycles. The van der Waals surface area contributed by atoms with E-state index >= 15 is 0 Å². The number of H-pyrrole nitrogens is 1. The van der Waals surface area contributed by atoms with Crippen molar-refractivity contribution in [1.29, 1.82) is 0 Å². The van der Waals surface area contributed by atoms with Gasteiger partial charge in [-0.3, -0.25) is 0 Å². The second-order valence-electron chi connectivity index (χ2n) is 4.35. The molecule has 116 valence electrons. The Labute approximate surface area is 123 Å². The van der Waals surface area contributed by atoms with Crippen molar-refractivity contribution < 1.29 is 17.6 Å². The van der Waals surface area contributed by atoms with Gasteiger partial charge in [0.25, 0.3) is 5.89 Å². The van der Waals surface area contributed by atoms with Crippen LogP contribution in [0.15, 0.2) is 21.6 Å². The molecular weight excluding hydrogens is 296 g/mol. The molecule has 2 heterocycles. The van der Waals surface area contributed by atoms with E-state index in [0.717, 1.165) is 0 Å². The zero-order chi connectivity index (χ0) is 15.3. The first kappa shape index (κ1) is 15.7. The molecule has 0 saturated carbocycles. The van der Waals surface area contributed by atoms with Gasteiger partial charge in [0.1, 0.15) is 10.6 Å². The summed E-state index contributed by atoms with van der Waals surface area (Å²) in [5.41, 5.74) is 0.472. The van der Waals surface area contributed by atoms with Gasteiger partial charge in [-0.2, -0.15) is 0 Å². The summed E-state index contributed by atoms with van der Waals surface area (Å²) in [6, 6.07) is 1.46. The molecule has 21 heavy (non-hydrogen) atoms. The number of ether oxygens (including phenoxy) is 1. The summed E-state index contributed by atoms with van der Waals surface area (Å²) in [7, 11) is -1.98. The largest absolute Gasteiger partial charge is 0.419 e. The minimum absolute atomic E-state index is 0.131. The average molecular weight is 314 g/mol. The van der Waals surface area contributed by atoms with Crippen LogP contribution in [0.4, 0.5) is 0 Å². The van der Waals surface area contributed by atoms with E-state index in [9.17, 15) is 8.42 Å². The van der Waals surface area contributed by atoms with Crippen molar-refractivity contribution in [2.75, 3.05) is 20.3 Å². The Morgan fingerprint density at radius 1 is 1.43 bits per heavy atom. The van der Waals surface area contributed by atoms with Gasteiger partial charge in [-0.25, -0.2) is 13.1 Å². The Bertz CT molecular complexity index is 677. The number of aryl methyl sites for hydroxylation is 1. The summed E-state index contributed by atoms with van der Waals surface area (Å²) in [5.74, 6) is 0.773. The fraction of sp³-hybridized carbons (Fsp3) is 0.500. The van der Waals surface area contributed by atoms with E-state index < -0.39 is 10.0 Å². The summed E-state index contributed by atoms with van der Waals surface area (Å²) in [6.07, 6.45) is 2.63. The number of nitrogens with one attached hydrogen (secondary N) is 2. The van der Waals surface area contributed by atoms with Gasteiger partial charge in [-0.15, -0.1) is 10.2 Å². The summed E-state index contributed by atoms with van der Waals surface area (Å²) in [6.45, 7) is 2.71. The lowest BCUT2D eigenvalue weighted by Crippen LogP contribution is -2.25. The molecule has 9 heteroatoms. The molecule has 0 fully saturated rings. The summed E-state index contributed by atoms with van der Waals surface area (Å²) in [5, 5.41) is 7.70. The summed E-state index contributed by atoms with van der Waals surface area (Å²) in [4.78, 5) is 2.96. The van der Waals surface area contributed by atoms with E-state index in [1.54, 1.807) is 7.11 Å². The van der Waals surface area contributed by atoms with Crippen LogP contribution in [-0.4, -0.2) is 43.9 Å². The Morgan fingerprint density at radius 3 is 2.90 bits per heavy atom. The predicted molar refractivity (Wildman–Crippen MR) is 75.1 cm³/mol. The molecular formula is C12H18N4O4S. The van der Waals surface area contributed by atoms with Crippen LogP contribution < -0.4 is 4.72 Å². The fourth-order valence-corrected chi connectivity index (χ4v) is 2.73. The maximum atomic E-state index is 12.1. The molecule has 0 unspecified atom stereocenters. The van der Waals surface area contributed by atoms with Gasteiger partial charge in [-0.1, -0.05) is 6.92 Å². The third-order valence-corrected chi connectivity index (χ3v) is 4.22. The van der Waals surface area contributed by atoms with Crippen molar-refractivity contribution in [3.8, 4) is 11.6 Å². The highest BCUT2D eigenvalue weighted by Crippen LogP contribution is 2.20. The van der Waals surface area contributed by atoms with E-state index in [-0.39, 0.29) is 10.8 Å². The van der Waals surface area contributed by atoms with Crippen molar-refractivity contribution in [2.24, 2.45) is 0 Å². The van der Waals surface area contributed by atoms with Crippen LogP contribution in [0.5, 0.6) is 0 Å². The van der Waals surface area contributed by atoms with Gasteiger partial charge in [0, 0.05) is 32.9 Å². The first-order valence-electron chi connectivity index (χ1n) is 6.56. The van der Waals surface area contributed by atoms with E-state index in [4.69, 9.17) is 9.15 Å². The molecule has 0 bridgehead atoms. The lowest BCUT2D eigenvalue weighted by Gasteiger charge is -2.03. The van der Waals surface area contributed by atoms with Gasteiger partial charge in [0.05, 0.1) is 0 Å². The predicted octanol–water partition coefficient (Wildman–Crippen LogP) is 0.942. The molecule has 0 radical (unpaired) electrons. The van der Waals surface area contributed by atoms with Crippen LogP contribution in [0.2, 0.25) is 0 Å². The van der Waals surface area contributed by atoms with E-state index in [0.29, 0.717) is 37.6 Å². The molecule has 2 aromatic rings. The molecule has 0 aromatic carbocycles. The van der Waals surface area contributed by atoms with Gasteiger partial charge < -0.3 is 14.1 Å². The number of aromatic amines is 1. The first-order chi connectivity index (χ1) is 10.1. The molecule has 2 rings (SSSR count). The molecule has 0 saturated heterocycles. The quantitative estimate of drug-likeness (QED) is 0.702. The van der Waals surface area contributed by atoms with Crippen LogP contribution in [0.25, 0.3) is 11.6 Å². The highest BCUT2D eigenvalue weighted by atomic mass is 32.2. The molecule has 2 N–H and O–H groups in total. The highest BCUT2D eigenvalue weighted by molar-refractivity contribution is 7.89. The Kier molecular flexibility index (Phi) is 5.10. The topological polar surface area (TPSA) is 110 Å². The number of methoxy groups -OCH3 is 1. The smallest absolute Gasteiger partial charge is 0.264 e. The number of sulfonamides is 1. The molecule has 0 spiro atoms. The van der Waals surface area contributed by atoms with Crippen LogP contribution in [0.3, 0.4) is 0 Å². The van der Waals surface area contributed by atoms with Crippen molar-refractivity contribution in [3.05, 3.63) is 18.2 Å². The van der Waals surface area contributed by atoms with Gasteiger partial charge >= 0.3 is 0 Å². The van der Waals surface area contributed by atoms with E-state index in [1.807, 2.05) is 6.92 Å². The molecule has 0 amide bonds. The summed E-state index contributed by atoms with van der Waals surface area (Å²) < 4.78 is 36.9. The van der Waals surface area contributed by atoms with Crippen molar-refractivity contribution in [1.82, 2.24) is 19.9 Å². The Balaban J connectivity index is 2.08. The molecule has 0 aliphatic heterocycles. The third kappa shape index (κ3) is 3.90. The SMILES string of the molecule is CCc1nnc(-c2cc(S(=O)(=O)NCCCOC)c[nH]2)o1. The molecule has 0 aliphatic rings. The maximum absolute atomic E-state index is 12.1. The number of hydrogen-bond donors (Lipinski definition) is 2. The standard InChI is InChI=1S/C12H18N4O4S/c1-3-11-15-16-12(20-11)10-7-9(8-13-10)21(17,18)14-5-4-6-19-2/h7-8,13-14H,3-6H2,1-2H3. The second kappa shape index (κ2) is 6.83. The molecule has 8 nitrogen and oxygen atoms in total. The lowest BCUT2D eigenvalue weighted by molar-refractivity contribution is 0.196. The van der Waals surface area contributed by atoms with Gasteiger partial charge in [0.15, 0.2) is 0 Å². The number of nitrogens with zero attached hydrogens (tertiary/aromatic N) is 2. The van der Waals surface area contributed by atoms with E-state index in [2.05, 4.69) is 19.9 Å². The zero-order valence-electron chi connectivity index (χ0n) is 11.9. The normalized spacial score (nSPS) is 11.9. The van der Waals surface area contributed by atoms with Crippen LogP contribution in [0.1, 0.15) is 19.2 Å². The molecule has 2 aromatic heterocycles. The Hall–Kier alpha value is -1.71. The lowest BCUT2D eigenvalue weighted by atomic mass is 10.4. The minimum atomic E-state index is -3.55. The van der Waals surface area contributed by atoms with Crippen molar-refractivity contribution in [2.45, 2.75) is 24.7 Å². The third-order valence-electron chi connectivity index (χ3n) is 2.78. The van der Waals surface area contributed by atoms with E-state index in [1.165, 1.54) is 12.3 Å². The minimum Gasteiger partial charge on any atom is -0.419 e. The number of rotatable bonds is 8.